The highest BCUT2D eigenvalue weighted by Crippen LogP contribution is 2.17. The zero-order valence-electron chi connectivity index (χ0n) is 16.0. The van der Waals surface area contributed by atoms with Crippen molar-refractivity contribution >= 4 is 27.6 Å². The van der Waals surface area contributed by atoms with Gasteiger partial charge in [-0.15, -0.1) is 0 Å². The van der Waals surface area contributed by atoms with Gasteiger partial charge in [0.05, 0.1) is 5.69 Å². The summed E-state index contributed by atoms with van der Waals surface area (Å²) in [4.78, 5) is 6.28. The predicted molar refractivity (Wildman–Crippen MR) is 109 cm³/mol. The third-order valence-electron chi connectivity index (χ3n) is 4.66. The molecule has 1 N–H and O–H groups in total. The van der Waals surface area contributed by atoms with Crippen LogP contribution < -0.4 is 5.32 Å². The van der Waals surface area contributed by atoms with Crippen LogP contribution >= 0.6 is 11.6 Å². The highest BCUT2D eigenvalue weighted by molar-refractivity contribution is 7.88. The van der Waals surface area contributed by atoms with Crippen LogP contribution in [-0.4, -0.2) is 68.5 Å². The van der Waals surface area contributed by atoms with E-state index in [1.54, 1.807) is 19.2 Å². The molecule has 0 radical (unpaired) electrons. The van der Waals surface area contributed by atoms with Gasteiger partial charge in [0, 0.05) is 50.9 Å². The number of hydrogen-bond acceptors (Lipinski definition) is 5. The Bertz CT molecular complexity index is 944. The van der Waals surface area contributed by atoms with Gasteiger partial charge < -0.3 is 14.7 Å². The molecule has 0 spiro atoms. The first kappa shape index (κ1) is 21.5. The van der Waals surface area contributed by atoms with Crippen molar-refractivity contribution in [2.75, 3.05) is 39.8 Å². The van der Waals surface area contributed by atoms with E-state index in [2.05, 4.69) is 15.5 Å². The molecule has 0 aliphatic carbocycles. The molecule has 1 saturated heterocycles. The molecule has 1 aromatic carbocycles. The summed E-state index contributed by atoms with van der Waals surface area (Å²) in [6.07, 6.45) is 1.97. The summed E-state index contributed by atoms with van der Waals surface area (Å²) < 4.78 is 44.3. The van der Waals surface area contributed by atoms with Crippen molar-refractivity contribution in [3.8, 4) is 0 Å². The number of benzene rings is 1. The van der Waals surface area contributed by atoms with Crippen molar-refractivity contribution in [2.24, 2.45) is 4.99 Å². The second-order valence-corrected chi connectivity index (χ2v) is 8.97. The highest BCUT2D eigenvalue weighted by atomic mass is 35.5. The zero-order chi connectivity index (χ0) is 20.9. The van der Waals surface area contributed by atoms with Gasteiger partial charge in [-0.3, -0.25) is 4.99 Å². The Morgan fingerprint density at radius 3 is 2.69 bits per heavy atom. The highest BCUT2D eigenvalue weighted by Gasteiger charge is 2.28. The number of nitrogens with zero attached hydrogens (tertiary/aromatic N) is 4. The van der Waals surface area contributed by atoms with E-state index in [-0.39, 0.29) is 11.6 Å². The number of nitrogens with one attached hydrogen (secondary N) is 1. The van der Waals surface area contributed by atoms with E-state index in [1.807, 2.05) is 4.90 Å². The van der Waals surface area contributed by atoms with Crippen LogP contribution in [0.25, 0.3) is 0 Å². The maximum absolute atomic E-state index is 13.1. The van der Waals surface area contributed by atoms with Crippen LogP contribution in [0.4, 0.5) is 4.39 Å². The van der Waals surface area contributed by atoms with Crippen LogP contribution in [0.1, 0.15) is 11.3 Å². The van der Waals surface area contributed by atoms with Gasteiger partial charge in [-0.25, -0.2) is 12.8 Å². The SMILES string of the molecule is CN=C(NCCc1ccc(F)cc1Cl)N1CCN(S(=O)(=O)Cc2ccon2)CC1. The van der Waals surface area contributed by atoms with Gasteiger partial charge in [-0.1, -0.05) is 22.8 Å². The Morgan fingerprint density at radius 2 is 2.07 bits per heavy atom. The second-order valence-electron chi connectivity index (χ2n) is 6.59. The monoisotopic (exact) mass is 443 g/mol. The first-order chi connectivity index (χ1) is 13.9. The number of rotatable bonds is 6. The lowest BCUT2D eigenvalue weighted by Gasteiger charge is -2.35. The topological polar surface area (TPSA) is 91.0 Å². The molecule has 8 nitrogen and oxygen atoms in total. The Labute approximate surface area is 174 Å². The van der Waals surface area contributed by atoms with Crippen LogP contribution in [0.5, 0.6) is 0 Å². The molecule has 0 atom stereocenters. The Kier molecular flexibility index (Phi) is 7.09. The molecule has 3 rings (SSSR count). The summed E-state index contributed by atoms with van der Waals surface area (Å²) in [7, 11) is -1.76. The summed E-state index contributed by atoms with van der Waals surface area (Å²) in [5, 5.41) is 7.32. The predicted octanol–water partition coefficient (Wildman–Crippen LogP) is 1.73. The molecular formula is C18H23ClFN5O3S. The lowest BCUT2D eigenvalue weighted by molar-refractivity contribution is 0.260. The lowest BCUT2D eigenvalue weighted by atomic mass is 10.1. The number of sulfonamides is 1. The van der Waals surface area contributed by atoms with E-state index in [0.29, 0.717) is 55.8 Å². The molecular weight excluding hydrogens is 421 g/mol. The first-order valence-corrected chi connectivity index (χ1v) is 11.1. The van der Waals surface area contributed by atoms with Crippen molar-refractivity contribution in [3.05, 3.63) is 52.6 Å². The number of aromatic nitrogens is 1. The fourth-order valence-corrected chi connectivity index (χ4v) is 4.82. The van der Waals surface area contributed by atoms with Crippen LogP contribution in [0.3, 0.4) is 0 Å². The summed E-state index contributed by atoms with van der Waals surface area (Å²) in [6.45, 7) is 2.35. The summed E-state index contributed by atoms with van der Waals surface area (Å²) in [5.41, 5.74) is 1.24. The van der Waals surface area contributed by atoms with Gasteiger partial charge in [-0.05, 0) is 24.1 Å². The number of halogens is 2. The van der Waals surface area contributed by atoms with Gasteiger partial charge in [0.15, 0.2) is 5.96 Å². The lowest BCUT2D eigenvalue weighted by Crippen LogP contribution is -2.54. The fraction of sp³-hybridized carbons (Fsp3) is 0.444. The fourth-order valence-electron chi connectivity index (χ4n) is 3.13. The van der Waals surface area contributed by atoms with E-state index in [0.717, 1.165) is 5.56 Å². The van der Waals surface area contributed by atoms with E-state index in [4.69, 9.17) is 16.1 Å². The number of aliphatic imine (C=N–C) groups is 1. The van der Waals surface area contributed by atoms with Crippen molar-refractivity contribution in [1.29, 1.82) is 0 Å². The minimum atomic E-state index is -3.44. The average Bonchev–Trinajstić information content (AvgIpc) is 3.19. The summed E-state index contributed by atoms with van der Waals surface area (Å²) in [6, 6.07) is 5.90. The molecule has 1 aliphatic heterocycles. The van der Waals surface area contributed by atoms with Gasteiger partial charge in [0.1, 0.15) is 17.8 Å². The molecule has 158 valence electrons. The van der Waals surface area contributed by atoms with Crippen LogP contribution in [0, 0.1) is 5.82 Å². The summed E-state index contributed by atoms with van der Waals surface area (Å²) in [5.74, 6) is 0.158. The van der Waals surface area contributed by atoms with Crippen molar-refractivity contribution in [1.82, 2.24) is 19.7 Å². The molecule has 0 saturated carbocycles. The largest absolute Gasteiger partial charge is 0.364 e. The van der Waals surface area contributed by atoms with Crippen LogP contribution in [-0.2, 0) is 22.2 Å². The van der Waals surface area contributed by atoms with Crippen LogP contribution in [0.2, 0.25) is 5.02 Å². The number of guanidine groups is 1. The standard InChI is InChI=1S/C18H23ClFN5O3S/c1-21-18(22-6-4-14-2-3-15(20)12-17(14)19)24-7-9-25(10-8-24)29(26,27)13-16-5-11-28-23-16/h2-3,5,11-12H,4,6-10,13H2,1H3,(H,21,22). The first-order valence-electron chi connectivity index (χ1n) is 9.15. The van der Waals surface area contributed by atoms with E-state index < -0.39 is 10.0 Å². The third-order valence-corrected chi connectivity index (χ3v) is 6.82. The Balaban J connectivity index is 1.49. The zero-order valence-corrected chi connectivity index (χ0v) is 17.6. The van der Waals surface area contributed by atoms with E-state index in [9.17, 15) is 12.8 Å². The summed E-state index contributed by atoms with van der Waals surface area (Å²) >= 11 is 6.06. The molecule has 11 heteroatoms. The maximum atomic E-state index is 13.1. The second kappa shape index (κ2) is 9.55. The molecule has 2 heterocycles. The Morgan fingerprint density at radius 1 is 1.31 bits per heavy atom. The minimum Gasteiger partial charge on any atom is -0.364 e. The van der Waals surface area contributed by atoms with Crippen molar-refractivity contribution < 1.29 is 17.3 Å². The number of piperazine rings is 1. The quantitative estimate of drug-likeness (QED) is 0.540. The molecule has 0 bridgehead atoms. The molecule has 1 fully saturated rings. The molecule has 1 aliphatic rings. The molecule has 0 unspecified atom stereocenters. The van der Waals surface area contributed by atoms with Gasteiger partial charge in [0.2, 0.25) is 10.0 Å². The number of hydrogen-bond donors (Lipinski definition) is 1. The molecule has 2 aromatic rings. The van der Waals surface area contributed by atoms with Crippen LogP contribution in [0.15, 0.2) is 40.0 Å². The maximum Gasteiger partial charge on any atom is 0.220 e. The van der Waals surface area contributed by atoms with Gasteiger partial charge >= 0.3 is 0 Å². The molecule has 29 heavy (non-hydrogen) atoms. The van der Waals surface area contributed by atoms with Crippen molar-refractivity contribution in [2.45, 2.75) is 12.2 Å². The Hall–Kier alpha value is -2.17. The smallest absolute Gasteiger partial charge is 0.220 e. The molecule has 0 amide bonds. The third kappa shape index (κ3) is 5.68. The minimum absolute atomic E-state index is 0.172. The normalized spacial score (nSPS) is 16.2. The molecule has 1 aromatic heterocycles. The van der Waals surface area contributed by atoms with Gasteiger partial charge in [0.25, 0.3) is 0 Å². The van der Waals surface area contributed by atoms with E-state index >= 15 is 0 Å². The van der Waals surface area contributed by atoms with Crippen molar-refractivity contribution in [3.63, 3.8) is 0 Å². The van der Waals surface area contributed by atoms with Gasteiger partial charge in [-0.2, -0.15) is 4.31 Å². The van der Waals surface area contributed by atoms with E-state index in [1.165, 1.54) is 22.7 Å². The average molecular weight is 444 g/mol.